The number of benzene rings is 3. The molecule has 8 nitrogen and oxygen atoms in total. The predicted molar refractivity (Wildman–Crippen MR) is 159 cm³/mol. The van der Waals surface area contributed by atoms with E-state index in [9.17, 15) is 14.3 Å². The smallest absolute Gasteiger partial charge is 0.339 e. The first kappa shape index (κ1) is 27.9. The second-order valence-corrected chi connectivity index (χ2v) is 9.94. The van der Waals surface area contributed by atoms with Crippen molar-refractivity contribution in [3.63, 3.8) is 0 Å². The largest absolute Gasteiger partial charge is 0.496 e. The number of aromatic carboxylic acids is 1. The van der Waals surface area contributed by atoms with Crippen molar-refractivity contribution >= 4 is 23.3 Å². The fourth-order valence-corrected chi connectivity index (χ4v) is 5.32. The van der Waals surface area contributed by atoms with Gasteiger partial charge in [0.1, 0.15) is 23.0 Å². The first-order valence-corrected chi connectivity index (χ1v) is 13.5. The Morgan fingerprint density at radius 1 is 1.02 bits per heavy atom. The molecule has 2 N–H and O–H groups in total. The van der Waals surface area contributed by atoms with Gasteiger partial charge < -0.3 is 19.9 Å². The van der Waals surface area contributed by atoms with Crippen LogP contribution in [0.5, 0.6) is 5.75 Å². The topological polar surface area (TPSA) is 106 Å². The Morgan fingerprint density at radius 2 is 1.86 bits per heavy atom. The molecule has 0 bridgehead atoms. The van der Waals surface area contributed by atoms with Crippen LogP contribution >= 0.6 is 0 Å². The molecule has 1 atom stereocenters. The summed E-state index contributed by atoms with van der Waals surface area (Å²) in [5, 5.41) is 12.5. The summed E-state index contributed by atoms with van der Waals surface area (Å²) in [6.45, 7) is 0.173. The number of fused-ring (bicyclic) bond motifs is 3. The van der Waals surface area contributed by atoms with Gasteiger partial charge >= 0.3 is 5.97 Å². The van der Waals surface area contributed by atoms with Crippen LogP contribution < -0.4 is 10.1 Å². The molecule has 6 rings (SSSR count). The van der Waals surface area contributed by atoms with E-state index in [1.165, 1.54) is 32.4 Å². The summed E-state index contributed by atoms with van der Waals surface area (Å²) >= 11 is 0. The number of aliphatic imine (C=N–C) groups is 1. The van der Waals surface area contributed by atoms with E-state index in [1.807, 2.05) is 6.07 Å². The van der Waals surface area contributed by atoms with Crippen LogP contribution in [0.4, 0.5) is 20.4 Å². The van der Waals surface area contributed by atoms with Gasteiger partial charge in [-0.15, -0.1) is 0 Å². The van der Waals surface area contributed by atoms with Crippen LogP contribution in [0.3, 0.4) is 0 Å². The van der Waals surface area contributed by atoms with Crippen LogP contribution in [0.2, 0.25) is 0 Å². The van der Waals surface area contributed by atoms with E-state index in [-0.39, 0.29) is 29.6 Å². The summed E-state index contributed by atoms with van der Waals surface area (Å²) in [5.74, 6) is -1.51. The predicted octanol–water partition coefficient (Wildman–Crippen LogP) is 6.90. The molecule has 216 valence electrons. The Kier molecular flexibility index (Phi) is 7.52. The number of anilines is 2. The van der Waals surface area contributed by atoms with Crippen LogP contribution in [0.1, 0.15) is 27.9 Å². The Bertz CT molecular complexity index is 1850. The summed E-state index contributed by atoms with van der Waals surface area (Å²) in [6.07, 6.45) is 4.70. The Labute approximate surface area is 246 Å². The van der Waals surface area contributed by atoms with E-state index < -0.39 is 17.9 Å². The van der Waals surface area contributed by atoms with Crippen molar-refractivity contribution in [3.8, 4) is 28.1 Å². The molecule has 0 saturated carbocycles. The number of hydrogen-bond donors (Lipinski definition) is 2. The molecule has 2 heterocycles. The lowest BCUT2D eigenvalue weighted by molar-refractivity contribution is 0.0693. The second kappa shape index (κ2) is 11.6. The molecule has 10 heteroatoms. The van der Waals surface area contributed by atoms with E-state index in [0.29, 0.717) is 56.9 Å². The molecule has 1 unspecified atom stereocenters. The van der Waals surface area contributed by atoms with Crippen molar-refractivity contribution in [3.05, 3.63) is 113 Å². The third-order valence-electron chi connectivity index (χ3n) is 7.41. The van der Waals surface area contributed by atoms with Crippen molar-refractivity contribution in [2.24, 2.45) is 4.99 Å². The van der Waals surface area contributed by atoms with Gasteiger partial charge in [-0.2, -0.15) is 0 Å². The van der Waals surface area contributed by atoms with Crippen molar-refractivity contribution < 1.29 is 28.2 Å². The summed E-state index contributed by atoms with van der Waals surface area (Å²) < 4.78 is 41.2. The highest BCUT2D eigenvalue weighted by atomic mass is 19.1. The van der Waals surface area contributed by atoms with E-state index in [4.69, 9.17) is 19.5 Å². The fraction of sp³-hybridized carbons (Fsp3) is 0.152. The van der Waals surface area contributed by atoms with Gasteiger partial charge in [-0.05, 0) is 42.3 Å². The number of rotatable bonds is 7. The zero-order chi connectivity index (χ0) is 30.1. The van der Waals surface area contributed by atoms with Gasteiger partial charge in [-0.3, -0.25) is 4.99 Å². The number of carbonyl (C=O) groups is 1. The highest BCUT2D eigenvalue weighted by Gasteiger charge is 2.30. The summed E-state index contributed by atoms with van der Waals surface area (Å²) in [5.41, 5.74) is 4.80. The maximum absolute atomic E-state index is 15.4. The van der Waals surface area contributed by atoms with Gasteiger partial charge in [0.15, 0.2) is 0 Å². The summed E-state index contributed by atoms with van der Waals surface area (Å²) in [6, 6.07) is 16.5. The van der Waals surface area contributed by atoms with Crippen LogP contribution in [0, 0.1) is 5.82 Å². The molecule has 4 aromatic rings. The molecule has 3 aromatic carbocycles. The highest BCUT2D eigenvalue weighted by molar-refractivity contribution is 6.18. The molecular formula is C33H26F2N4O4. The molecule has 1 aliphatic carbocycles. The molecule has 0 fully saturated rings. The molecule has 2 aliphatic rings. The molecule has 0 saturated heterocycles. The van der Waals surface area contributed by atoms with Gasteiger partial charge in [-0.25, -0.2) is 23.5 Å². The maximum atomic E-state index is 15.4. The normalized spacial score (nSPS) is 15.7. The number of methoxy groups -OCH3 is 2. The van der Waals surface area contributed by atoms with Crippen molar-refractivity contribution in [1.29, 1.82) is 0 Å². The van der Waals surface area contributed by atoms with Gasteiger partial charge in [0.25, 0.3) is 0 Å². The number of aromatic nitrogens is 2. The van der Waals surface area contributed by atoms with E-state index in [2.05, 4.69) is 10.3 Å². The number of nitrogens with one attached hydrogen (secondary N) is 1. The van der Waals surface area contributed by atoms with Crippen LogP contribution in [0.25, 0.3) is 22.4 Å². The zero-order valence-electron chi connectivity index (χ0n) is 23.3. The minimum Gasteiger partial charge on any atom is -0.496 e. The Morgan fingerprint density at radius 3 is 2.63 bits per heavy atom. The van der Waals surface area contributed by atoms with E-state index >= 15 is 4.39 Å². The molecule has 0 spiro atoms. The molecule has 0 radical (unpaired) electrons. The Hall–Kier alpha value is -5.22. The van der Waals surface area contributed by atoms with E-state index in [0.717, 1.165) is 0 Å². The number of halogens is 2. The second-order valence-electron chi connectivity index (χ2n) is 9.94. The lowest BCUT2D eigenvalue weighted by Gasteiger charge is -2.23. The van der Waals surface area contributed by atoms with Gasteiger partial charge in [0, 0.05) is 52.9 Å². The lowest BCUT2D eigenvalue weighted by Crippen LogP contribution is -2.24. The monoisotopic (exact) mass is 580 g/mol. The van der Waals surface area contributed by atoms with Gasteiger partial charge in [0.05, 0.1) is 31.2 Å². The first-order valence-electron chi connectivity index (χ1n) is 13.5. The maximum Gasteiger partial charge on any atom is 0.339 e. The van der Waals surface area contributed by atoms with Crippen molar-refractivity contribution in [2.75, 3.05) is 19.5 Å². The highest BCUT2D eigenvalue weighted by Crippen LogP contribution is 2.38. The third kappa shape index (κ3) is 5.28. The van der Waals surface area contributed by atoms with Crippen LogP contribution in [-0.2, 0) is 11.3 Å². The quantitative estimate of drug-likeness (QED) is 0.245. The van der Waals surface area contributed by atoms with Crippen LogP contribution in [-0.4, -0.2) is 47.1 Å². The minimum atomic E-state index is -1.11. The number of ether oxygens (including phenoxy) is 2. The number of hydrogen-bond acceptors (Lipinski definition) is 7. The summed E-state index contributed by atoms with van der Waals surface area (Å²) in [7, 11) is 2.92. The Balaban J connectivity index is 1.49. The number of allylic oxidation sites excluding steroid dienone is 2. The lowest BCUT2D eigenvalue weighted by atomic mass is 9.87. The van der Waals surface area contributed by atoms with Crippen LogP contribution in [0.15, 0.2) is 95.4 Å². The average molecular weight is 581 g/mol. The average Bonchev–Trinajstić information content (AvgIpc) is 3.17. The van der Waals surface area contributed by atoms with Gasteiger partial charge in [0.2, 0.25) is 5.95 Å². The molecule has 0 amide bonds. The number of carboxylic acids is 1. The number of carboxylic acid groups (broad SMARTS) is 1. The SMILES string of the molecule is COc1cc(Nc2ncc3c(n2)-c2ccc(-c4ccccc4F)cc2C(C2=C(F)C=CCC2OC)=NC3)ccc1C(=O)O. The van der Waals surface area contributed by atoms with Gasteiger partial charge in [-0.1, -0.05) is 36.4 Å². The fourth-order valence-electron chi connectivity index (χ4n) is 5.32. The minimum absolute atomic E-state index is 0.0219. The van der Waals surface area contributed by atoms with E-state index in [1.54, 1.807) is 54.7 Å². The third-order valence-corrected chi connectivity index (χ3v) is 7.41. The molecule has 43 heavy (non-hydrogen) atoms. The zero-order valence-corrected chi connectivity index (χ0v) is 23.3. The summed E-state index contributed by atoms with van der Waals surface area (Å²) in [4.78, 5) is 25.6. The van der Waals surface area contributed by atoms with Crippen molar-refractivity contribution in [1.82, 2.24) is 9.97 Å². The molecular weight excluding hydrogens is 554 g/mol. The molecule has 1 aromatic heterocycles. The standard InChI is InChI=1S/C33H26F2N4O4/c1-42-27-9-5-8-26(35)29(27)31-24-14-18(21-6-3-4-7-25(21)34)10-12-22(24)30-19(16-36-31)17-37-33(39-30)38-20-11-13-23(32(40)41)28(15-20)43-2/h3-8,10-15,17,27H,9,16H2,1-2H3,(H,40,41)(H,37,38,39). The van der Waals surface area contributed by atoms with Crippen molar-refractivity contribution in [2.45, 2.75) is 19.1 Å². The molecule has 1 aliphatic heterocycles. The number of nitrogens with zero attached hydrogens (tertiary/aromatic N) is 3. The first-order chi connectivity index (χ1) is 20.9.